The Morgan fingerprint density at radius 1 is 1.09 bits per heavy atom. The minimum Gasteiger partial charge on any atom is -0.481 e. The highest BCUT2D eigenvalue weighted by Gasteiger charge is 2.38. The minimum atomic E-state index is -0.678. The van der Waals surface area contributed by atoms with Crippen LogP contribution in [0.15, 0.2) is 29.1 Å². The average Bonchev–Trinajstić information content (AvgIpc) is 3.34. The first kappa shape index (κ1) is 24.3. The largest absolute Gasteiger partial charge is 0.481 e. The second-order valence-corrected chi connectivity index (χ2v) is 9.18. The van der Waals surface area contributed by atoms with Gasteiger partial charge in [0, 0.05) is 18.6 Å². The Balaban J connectivity index is 0.00000289. The highest BCUT2D eigenvalue weighted by molar-refractivity contribution is 5.89. The molecule has 1 saturated carbocycles. The number of aliphatic carboxylic acids is 1. The molecule has 1 amide bonds. The molecular formula is C23H33ClN4O4. The summed E-state index contributed by atoms with van der Waals surface area (Å²) in [6, 6.07) is 7.09. The molecule has 4 rings (SSSR count). The summed E-state index contributed by atoms with van der Waals surface area (Å²) in [5.74, 6) is -0.594. The van der Waals surface area contributed by atoms with E-state index in [0.29, 0.717) is 18.0 Å². The summed E-state index contributed by atoms with van der Waals surface area (Å²) in [6.45, 7) is 6.11. The summed E-state index contributed by atoms with van der Waals surface area (Å²) < 4.78 is 2.88. The Hall–Kier alpha value is -2.32. The first-order chi connectivity index (χ1) is 14.9. The van der Waals surface area contributed by atoms with Crippen LogP contribution in [-0.2, 0) is 4.79 Å². The number of nitrogens with zero attached hydrogens (tertiary/aromatic N) is 3. The number of rotatable bonds is 5. The van der Waals surface area contributed by atoms with E-state index in [9.17, 15) is 19.5 Å². The van der Waals surface area contributed by atoms with E-state index in [4.69, 9.17) is 0 Å². The Morgan fingerprint density at radius 2 is 1.75 bits per heavy atom. The van der Waals surface area contributed by atoms with Gasteiger partial charge in [0.15, 0.2) is 0 Å². The SMILES string of the molecule is CC(C)n1c(=O)n(C(=O)NCC2CCN(C3CCCC3C(=O)O)CC2)c2ccccc21.Cl. The van der Waals surface area contributed by atoms with Crippen molar-refractivity contribution in [2.45, 2.75) is 58.0 Å². The number of fused-ring (bicyclic) bond motifs is 1. The number of nitrogens with one attached hydrogen (secondary N) is 1. The molecule has 2 heterocycles. The van der Waals surface area contributed by atoms with E-state index >= 15 is 0 Å². The standard InChI is InChI=1S/C23H32N4O4.ClH/c1-15(2)26-19-7-3-4-8-20(19)27(23(26)31)22(30)24-14-16-10-12-25(13-11-16)18-9-5-6-17(18)21(28)29;/h3-4,7-8,15-18H,5-6,9-14H2,1-2H3,(H,24,30)(H,28,29);1H. The summed E-state index contributed by atoms with van der Waals surface area (Å²) in [4.78, 5) is 39.6. The molecule has 1 aliphatic heterocycles. The molecule has 2 atom stereocenters. The van der Waals surface area contributed by atoms with Crippen LogP contribution < -0.4 is 11.0 Å². The van der Waals surface area contributed by atoms with E-state index in [-0.39, 0.29) is 42.1 Å². The van der Waals surface area contributed by atoms with Crippen molar-refractivity contribution >= 4 is 35.4 Å². The van der Waals surface area contributed by atoms with Crippen molar-refractivity contribution in [3.8, 4) is 0 Å². The van der Waals surface area contributed by atoms with Gasteiger partial charge in [-0.15, -0.1) is 12.4 Å². The smallest absolute Gasteiger partial charge is 0.337 e. The van der Waals surface area contributed by atoms with Crippen LogP contribution in [0.5, 0.6) is 0 Å². The molecular weight excluding hydrogens is 432 g/mol. The van der Waals surface area contributed by atoms with Gasteiger partial charge in [0.2, 0.25) is 0 Å². The molecule has 9 heteroatoms. The predicted molar refractivity (Wildman–Crippen MR) is 126 cm³/mol. The maximum absolute atomic E-state index is 12.9. The van der Waals surface area contributed by atoms with Gasteiger partial charge >= 0.3 is 17.7 Å². The number of likely N-dealkylation sites (tertiary alicyclic amines) is 1. The van der Waals surface area contributed by atoms with Gasteiger partial charge in [0.05, 0.1) is 17.0 Å². The summed E-state index contributed by atoms with van der Waals surface area (Å²) in [5, 5.41) is 12.4. The maximum Gasteiger partial charge on any atom is 0.337 e. The molecule has 2 aliphatic rings. The van der Waals surface area contributed by atoms with E-state index in [0.717, 1.165) is 50.7 Å². The Bertz CT molecular complexity index is 1020. The number of carbonyl (C=O) groups is 2. The van der Waals surface area contributed by atoms with Crippen molar-refractivity contribution in [1.82, 2.24) is 19.4 Å². The molecule has 2 aromatic rings. The van der Waals surface area contributed by atoms with Crippen LogP contribution in [0.2, 0.25) is 0 Å². The minimum absolute atomic E-state index is 0. The lowest BCUT2D eigenvalue weighted by atomic mass is 9.93. The summed E-state index contributed by atoms with van der Waals surface area (Å²) in [5.41, 5.74) is 1.06. The Kier molecular flexibility index (Phi) is 7.67. The number of imidazole rings is 1. The van der Waals surface area contributed by atoms with Crippen molar-refractivity contribution in [3.05, 3.63) is 34.7 Å². The fourth-order valence-electron chi connectivity index (χ4n) is 5.33. The van der Waals surface area contributed by atoms with Crippen LogP contribution >= 0.6 is 12.4 Å². The lowest BCUT2D eigenvalue weighted by Crippen LogP contribution is -2.47. The highest BCUT2D eigenvalue weighted by Crippen LogP contribution is 2.32. The zero-order valence-electron chi connectivity index (χ0n) is 18.7. The number of amides is 1. The molecule has 1 aromatic carbocycles. The van der Waals surface area contributed by atoms with E-state index in [1.54, 1.807) is 10.6 Å². The van der Waals surface area contributed by atoms with Gasteiger partial charge in [-0.1, -0.05) is 18.6 Å². The van der Waals surface area contributed by atoms with E-state index < -0.39 is 5.97 Å². The fraction of sp³-hybridized carbons (Fsp3) is 0.609. The van der Waals surface area contributed by atoms with E-state index in [2.05, 4.69) is 10.2 Å². The lowest BCUT2D eigenvalue weighted by molar-refractivity contribution is -0.143. The third kappa shape index (κ3) is 4.57. The van der Waals surface area contributed by atoms with Crippen LogP contribution in [-0.4, -0.2) is 56.8 Å². The second kappa shape index (κ2) is 10.1. The number of carboxylic acids is 1. The first-order valence-electron chi connectivity index (χ1n) is 11.4. The van der Waals surface area contributed by atoms with Crippen LogP contribution in [0.3, 0.4) is 0 Å². The van der Waals surface area contributed by atoms with Gasteiger partial charge in [0.25, 0.3) is 0 Å². The monoisotopic (exact) mass is 464 g/mol. The maximum atomic E-state index is 12.9. The van der Waals surface area contributed by atoms with Crippen molar-refractivity contribution in [1.29, 1.82) is 0 Å². The number of para-hydroxylation sites is 2. The normalized spacial score (nSPS) is 22.2. The molecule has 2 N–H and O–H groups in total. The third-order valence-electron chi connectivity index (χ3n) is 6.96. The van der Waals surface area contributed by atoms with Gasteiger partial charge in [-0.25, -0.2) is 14.2 Å². The van der Waals surface area contributed by atoms with Crippen molar-refractivity contribution in [2.75, 3.05) is 19.6 Å². The number of carboxylic acid groups (broad SMARTS) is 1. The number of halogens is 1. The number of aromatic nitrogens is 2. The molecule has 0 spiro atoms. The van der Waals surface area contributed by atoms with E-state index in [1.165, 1.54) is 4.57 Å². The zero-order chi connectivity index (χ0) is 22.1. The van der Waals surface area contributed by atoms with E-state index in [1.807, 2.05) is 32.0 Å². The molecule has 2 fully saturated rings. The first-order valence-corrected chi connectivity index (χ1v) is 11.4. The van der Waals surface area contributed by atoms with Crippen LogP contribution in [0.25, 0.3) is 11.0 Å². The summed E-state index contributed by atoms with van der Waals surface area (Å²) >= 11 is 0. The summed E-state index contributed by atoms with van der Waals surface area (Å²) in [6.07, 6.45) is 4.56. The van der Waals surface area contributed by atoms with Gasteiger partial charge in [-0.3, -0.25) is 14.3 Å². The molecule has 32 heavy (non-hydrogen) atoms. The molecule has 0 bridgehead atoms. The number of piperidine rings is 1. The molecule has 1 aromatic heterocycles. The van der Waals surface area contributed by atoms with Crippen molar-refractivity contribution in [2.24, 2.45) is 11.8 Å². The van der Waals surface area contributed by atoms with Crippen LogP contribution in [0, 0.1) is 11.8 Å². The second-order valence-electron chi connectivity index (χ2n) is 9.18. The highest BCUT2D eigenvalue weighted by atomic mass is 35.5. The van der Waals surface area contributed by atoms with Gasteiger partial charge in [-0.05, 0) is 70.7 Å². The molecule has 0 radical (unpaired) electrons. The third-order valence-corrected chi connectivity index (χ3v) is 6.96. The van der Waals surface area contributed by atoms with Crippen LogP contribution in [0.1, 0.15) is 52.0 Å². The molecule has 2 unspecified atom stereocenters. The molecule has 1 aliphatic carbocycles. The molecule has 8 nitrogen and oxygen atoms in total. The molecule has 176 valence electrons. The van der Waals surface area contributed by atoms with Gasteiger partial charge in [0.1, 0.15) is 0 Å². The quantitative estimate of drug-likeness (QED) is 0.707. The van der Waals surface area contributed by atoms with Crippen LogP contribution in [0.4, 0.5) is 4.79 Å². The number of hydrogen-bond acceptors (Lipinski definition) is 4. The molecule has 1 saturated heterocycles. The zero-order valence-corrected chi connectivity index (χ0v) is 19.5. The van der Waals surface area contributed by atoms with Gasteiger partial charge in [-0.2, -0.15) is 0 Å². The average molecular weight is 465 g/mol. The number of benzene rings is 1. The predicted octanol–water partition coefficient (Wildman–Crippen LogP) is 3.33. The summed E-state index contributed by atoms with van der Waals surface area (Å²) in [7, 11) is 0. The number of carbonyl (C=O) groups excluding carboxylic acids is 1. The Labute approximate surface area is 194 Å². The number of hydrogen-bond donors (Lipinski definition) is 2. The Morgan fingerprint density at radius 3 is 2.38 bits per heavy atom. The topological polar surface area (TPSA) is 96.6 Å². The van der Waals surface area contributed by atoms with Crippen molar-refractivity contribution in [3.63, 3.8) is 0 Å². The fourth-order valence-corrected chi connectivity index (χ4v) is 5.33. The lowest BCUT2D eigenvalue weighted by Gasteiger charge is -2.37. The van der Waals surface area contributed by atoms with Gasteiger partial charge < -0.3 is 10.4 Å². The van der Waals surface area contributed by atoms with Crippen molar-refractivity contribution < 1.29 is 14.7 Å².